The molecule has 2 aromatic carbocycles. The molecule has 0 saturated carbocycles. The highest BCUT2D eigenvalue weighted by Gasteiger charge is 2.21. The van der Waals surface area contributed by atoms with E-state index in [0.717, 1.165) is 31.7 Å². The van der Waals surface area contributed by atoms with Crippen LogP contribution in [0.1, 0.15) is 22.8 Å². The van der Waals surface area contributed by atoms with Crippen LogP contribution in [-0.4, -0.2) is 42.7 Å². The summed E-state index contributed by atoms with van der Waals surface area (Å²) in [6, 6.07) is 16.5. The van der Waals surface area contributed by atoms with Crippen LogP contribution in [0.3, 0.4) is 0 Å². The number of benzene rings is 2. The lowest BCUT2D eigenvalue weighted by Crippen LogP contribution is -2.47. The summed E-state index contributed by atoms with van der Waals surface area (Å²) in [6.45, 7) is 9.12. The molecule has 0 aromatic heterocycles. The van der Waals surface area contributed by atoms with Gasteiger partial charge in [0, 0.05) is 38.4 Å². The monoisotopic (exact) mass is 310 g/mol. The zero-order chi connectivity index (χ0) is 16.2. The van der Waals surface area contributed by atoms with E-state index in [1.54, 1.807) is 0 Å². The first-order valence-corrected chi connectivity index (χ1v) is 8.41. The van der Waals surface area contributed by atoms with Gasteiger partial charge in [-0.05, 0) is 36.6 Å². The average molecular weight is 310 g/mol. The van der Waals surface area contributed by atoms with Crippen LogP contribution in [-0.2, 0) is 0 Å². The first-order valence-electron chi connectivity index (χ1n) is 8.41. The zero-order valence-corrected chi connectivity index (χ0v) is 14.1. The van der Waals surface area contributed by atoms with Crippen molar-refractivity contribution >= 4 is 5.69 Å². The number of aryl methyl sites for hydroxylation is 1. The van der Waals surface area contributed by atoms with Crippen LogP contribution >= 0.6 is 0 Å². The molecule has 1 aliphatic rings. The maximum absolute atomic E-state index is 10.4. The van der Waals surface area contributed by atoms with Crippen molar-refractivity contribution in [2.45, 2.75) is 20.0 Å². The van der Waals surface area contributed by atoms with E-state index in [1.807, 2.05) is 30.3 Å². The van der Waals surface area contributed by atoms with Crippen molar-refractivity contribution < 1.29 is 5.11 Å². The van der Waals surface area contributed by atoms with E-state index >= 15 is 0 Å². The number of hydrogen-bond acceptors (Lipinski definition) is 3. The highest BCUT2D eigenvalue weighted by Crippen LogP contribution is 2.24. The van der Waals surface area contributed by atoms with E-state index in [9.17, 15) is 5.11 Å². The molecule has 0 amide bonds. The van der Waals surface area contributed by atoms with Crippen molar-refractivity contribution in [3.05, 3.63) is 65.2 Å². The molecule has 3 nitrogen and oxygen atoms in total. The largest absolute Gasteiger partial charge is 0.387 e. The van der Waals surface area contributed by atoms with Crippen LogP contribution in [0.25, 0.3) is 0 Å². The van der Waals surface area contributed by atoms with Gasteiger partial charge in [0.25, 0.3) is 0 Å². The lowest BCUT2D eigenvalue weighted by atomic mass is 10.1. The smallest absolute Gasteiger partial charge is 0.0916 e. The van der Waals surface area contributed by atoms with Crippen LogP contribution in [0.15, 0.2) is 48.5 Å². The van der Waals surface area contributed by atoms with Crippen molar-refractivity contribution in [3.8, 4) is 0 Å². The Kier molecular flexibility index (Phi) is 4.99. The molecule has 1 atom stereocenters. The van der Waals surface area contributed by atoms with Gasteiger partial charge in [-0.2, -0.15) is 0 Å². The second-order valence-electron chi connectivity index (χ2n) is 6.43. The Morgan fingerprint density at radius 1 is 0.913 bits per heavy atom. The molecule has 3 rings (SSSR count). The Morgan fingerprint density at radius 2 is 1.61 bits per heavy atom. The van der Waals surface area contributed by atoms with E-state index in [1.165, 1.54) is 16.8 Å². The SMILES string of the molecule is Cc1cccc(N2CCN(CC(O)c3ccccc3)CC2)c1C. The van der Waals surface area contributed by atoms with Crippen molar-refractivity contribution in [1.29, 1.82) is 0 Å². The molecule has 1 heterocycles. The Labute approximate surface area is 139 Å². The molecule has 2 aromatic rings. The van der Waals surface area contributed by atoms with Gasteiger partial charge in [0.1, 0.15) is 0 Å². The molecule has 1 fully saturated rings. The number of rotatable bonds is 4. The molecule has 1 unspecified atom stereocenters. The number of nitrogens with zero attached hydrogens (tertiary/aromatic N) is 2. The Morgan fingerprint density at radius 3 is 2.30 bits per heavy atom. The molecule has 23 heavy (non-hydrogen) atoms. The quantitative estimate of drug-likeness (QED) is 0.940. The molecule has 0 spiro atoms. The van der Waals surface area contributed by atoms with Crippen LogP contribution in [0.2, 0.25) is 0 Å². The minimum Gasteiger partial charge on any atom is -0.387 e. The summed E-state index contributed by atoms with van der Waals surface area (Å²) >= 11 is 0. The predicted molar refractivity (Wildman–Crippen MR) is 96.0 cm³/mol. The molecule has 3 heteroatoms. The first kappa shape index (κ1) is 16.0. The third kappa shape index (κ3) is 3.74. The number of aliphatic hydroxyl groups excluding tert-OH is 1. The highest BCUT2D eigenvalue weighted by atomic mass is 16.3. The minimum absolute atomic E-state index is 0.400. The second-order valence-corrected chi connectivity index (χ2v) is 6.43. The molecule has 1 aliphatic heterocycles. The molecular formula is C20H26N2O. The molecule has 0 radical (unpaired) electrons. The van der Waals surface area contributed by atoms with Crippen LogP contribution in [0, 0.1) is 13.8 Å². The van der Waals surface area contributed by atoms with Gasteiger partial charge in [-0.3, -0.25) is 4.90 Å². The number of β-amino-alcohol motifs (C(OH)–C–C–N with tert-alkyl or cyclic N) is 1. The van der Waals surface area contributed by atoms with Gasteiger partial charge in [-0.15, -0.1) is 0 Å². The summed E-state index contributed by atoms with van der Waals surface area (Å²) in [4.78, 5) is 4.83. The van der Waals surface area contributed by atoms with Crippen molar-refractivity contribution in [2.24, 2.45) is 0 Å². The maximum atomic E-state index is 10.4. The summed E-state index contributed by atoms with van der Waals surface area (Å²) in [5.41, 5.74) is 5.09. The van der Waals surface area contributed by atoms with E-state index < -0.39 is 6.10 Å². The minimum atomic E-state index is -0.400. The van der Waals surface area contributed by atoms with Gasteiger partial charge >= 0.3 is 0 Å². The van der Waals surface area contributed by atoms with Gasteiger partial charge in [-0.1, -0.05) is 42.5 Å². The van der Waals surface area contributed by atoms with E-state index in [4.69, 9.17) is 0 Å². The normalized spacial score (nSPS) is 17.3. The number of hydrogen-bond donors (Lipinski definition) is 1. The predicted octanol–water partition coefficient (Wildman–Crippen LogP) is 3.16. The fourth-order valence-electron chi connectivity index (χ4n) is 3.27. The number of piperazine rings is 1. The molecular weight excluding hydrogens is 284 g/mol. The third-order valence-electron chi connectivity index (χ3n) is 4.90. The van der Waals surface area contributed by atoms with Crippen LogP contribution < -0.4 is 4.90 Å². The lowest BCUT2D eigenvalue weighted by Gasteiger charge is -2.37. The van der Waals surface area contributed by atoms with Gasteiger partial charge < -0.3 is 10.0 Å². The molecule has 0 aliphatic carbocycles. The Bertz CT molecular complexity index is 633. The topological polar surface area (TPSA) is 26.7 Å². The maximum Gasteiger partial charge on any atom is 0.0916 e. The number of anilines is 1. The summed E-state index contributed by atoms with van der Waals surface area (Å²) in [6.07, 6.45) is -0.400. The summed E-state index contributed by atoms with van der Waals surface area (Å²) in [5, 5.41) is 10.4. The van der Waals surface area contributed by atoms with Crippen molar-refractivity contribution in [1.82, 2.24) is 4.90 Å². The number of aliphatic hydroxyl groups is 1. The molecule has 1 N–H and O–H groups in total. The van der Waals surface area contributed by atoms with Gasteiger partial charge in [0.2, 0.25) is 0 Å². The van der Waals surface area contributed by atoms with Crippen molar-refractivity contribution in [3.63, 3.8) is 0 Å². The summed E-state index contributed by atoms with van der Waals surface area (Å²) < 4.78 is 0. The Hall–Kier alpha value is -1.84. The second kappa shape index (κ2) is 7.16. The van der Waals surface area contributed by atoms with Gasteiger partial charge in [0.05, 0.1) is 6.10 Å². The zero-order valence-electron chi connectivity index (χ0n) is 14.1. The fraction of sp³-hybridized carbons (Fsp3) is 0.400. The average Bonchev–Trinajstić information content (AvgIpc) is 2.59. The lowest BCUT2D eigenvalue weighted by molar-refractivity contribution is 0.109. The van der Waals surface area contributed by atoms with Crippen molar-refractivity contribution in [2.75, 3.05) is 37.6 Å². The Balaban J connectivity index is 1.57. The fourth-order valence-corrected chi connectivity index (χ4v) is 3.27. The first-order chi connectivity index (χ1) is 11.1. The van der Waals surface area contributed by atoms with Crippen LogP contribution in [0.4, 0.5) is 5.69 Å². The molecule has 122 valence electrons. The van der Waals surface area contributed by atoms with E-state index in [2.05, 4.69) is 41.8 Å². The molecule has 0 bridgehead atoms. The van der Waals surface area contributed by atoms with Gasteiger partial charge in [0.15, 0.2) is 0 Å². The highest BCUT2D eigenvalue weighted by molar-refractivity contribution is 5.56. The third-order valence-corrected chi connectivity index (χ3v) is 4.90. The summed E-state index contributed by atoms with van der Waals surface area (Å²) in [7, 11) is 0. The van der Waals surface area contributed by atoms with E-state index in [-0.39, 0.29) is 0 Å². The van der Waals surface area contributed by atoms with Gasteiger partial charge in [-0.25, -0.2) is 0 Å². The standard InChI is InChI=1S/C20H26N2O/c1-16-7-6-10-19(17(16)2)22-13-11-21(12-14-22)15-20(23)18-8-4-3-5-9-18/h3-10,20,23H,11-15H2,1-2H3. The van der Waals surface area contributed by atoms with Crippen LogP contribution in [0.5, 0.6) is 0 Å². The summed E-state index contributed by atoms with van der Waals surface area (Å²) in [5.74, 6) is 0. The molecule has 1 saturated heterocycles. The van der Waals surface area contributed by atoms with E-state index in [0.29, 0.717) is 6.54 Å².